The number of carbonyl (C=O) groups is 1. The zero-order chi connectivity index (χ0) is 13.7. The average Bonchev–Trinajstić information content (AvgIpc) is 2.30. The second-order valence-corrected chi connectivity index (χ2v) is 4.33. The minimum atomic E-state index is -2.58. The molecule has 0 saturated carbocycles. The maximum atomic E-state index is 12.2. The average molecular weight is 297 g/mol. The van der Waals surface area contributed by atoms with E-state index in [1.807, 2.05) is 0 Å². The summed E-state index contributed by atoms with van der Waals surface area (Å²) in [7, 11) is 0. The van der Waals surface area contributed by atoms with Crippen molar-refractivity contribution < 1.29 is 13.6 Å². The van der Waals surface area contributed by atoms with Crippen LogP contribution in [0.25, 0.3) is 0 Å². The van der Waals surface area contributed by atoms with Gasteiger partial charge in [-0.1, -0.05) is 23.2 Å². The molecule has 0 aliphatic heterocycles. The van der Waals surface area contributed by atoms with Crippen molar-refractivity contribution in [1.82, 2.24) is 4.90 Å². The highest BCUT2D eigenvalue weighted by Crippen LogP contribution is 2.25. The van der Waals surface area contributed by atoms with Crippen LogP contribution in [0.5, 0.6) is 0 Å². The van der Waals surface area contributed by atoms with Crippen LogP contribution >= 0.6 is 23.2 Å². The van der Waals surface area contributed by atoms with Crippen LogP contribution in [0.4, 0.5) is 19.3 Å². The Balaban J connectivity index is 2.76. The topological polar surface area (TPSA) is 32.3 Å². The van der Waals surface area contributed by atoms with E-state index in [2.05, 4.69) is 5.32 Å². The minimum Gasteiger partial charge on any atom is -0.319 e. The molecule has 100 valence electrons. The normalized spacial score (nSPS) is 10.6. The second-order valence-electron chi connectivity index (χ2n) is 3.48. The van der Waals surface area contributed by atoms with Gasteiger partial charge < -0.3 is 10.2 Å². The fraction of sp³-hybridized carbons (Fsp3) is 0.364. The summed E-state index contributed by atoms with van der Waals surface area (Å²) in [4.78, 5) is 12.7. The van der Waals surface area contributed by atoms with Gasteiger partial charge in [-0.05, 0) is 25.1 Å². The Hall–Kier alpha value is -1.07. The van der Waals surface area contributed by atoms with Crippen molar-refractivity contribution in [2.45, 2.75) is 13.3 Å². The van der Waals surface area contributed by atoms with E-state index in [4.69, 9.17) is 23.2 Å². The lowest BCUT2D eigenvalue weighted by atomic mass is 10.3. The largest absolute Gasteiger partial charge is 0.322 e. The van der Waals surface area contributed by atoms with Crippen molar-refractivity contribution in [2.24, 2.45) is 0 Å². The fourth-order valence-corrected chi connectivity index (χ4v) is 1.65. The van der Waals surface area contributed by atoms with Crippen LogP contribution < -0.4 is 5.32 Å². The highest BCUT2D eigenvalue weighted by Gasteiger charge is 2.17. The number of hydrogen-bond donors (Lipinski definition) is 1. The Morgan fingerprint density at radius 2 is 2.11 bits per heavy atom. The molecule has 0 bridgehead atoms. The first-order valence-corrected chi connectivity index (χ1v) is 5.98. The van der Waals surface area contributed by atoms with E-state index < -0.39 is 19.0 Å². The van der Waals surface area contributed by atoms with Gasteiger partial charge in [0.1, 0.15) is 0 Å². The number of hydrogen-bond acceptors (Lipinski definition) is 1. The molecular weight excluding hydrogens is 285 g/mol. The lowest BCUT2D eigenvalue weighted by molar-refractivity contribution is 0.104. The zero-order valence-corrected chi connectivity index (χ0v) is 11.1. The molecule has 0 aliphatic rings. The molecule has 3 nitrogen and oxygen atoms in total. The van der Waals surface area contributed by atoms with Gasteiger partial charge in [-0.15, -0.1) is 0 Å². The van der Waals surface area contributed by atoms with Gasteiger partial charge in [-0.25, -0.2) is 13.6 Å². The quantitative estimate of drug-likeness (QED) is 0.891. The Bertz CT molecular complexity index is 430. The SMILES string of the molecule is CCN(CC(F)F)C(=O)Nc1cc(Cl)ccc1Cl. The molecule has 0 aliphatic carbocycles. The van der Waals surface area contributed by atoms with Gasteiger partial charge in [0.15, 0.2) is 0 Å². The number of nitrogens with one attached hydrogen (secondary N) is 1. The minimum absolute atomic E-state index is 0.175. The number of carbonyl (C=O) groups excluding carboxylic acids is 1. The van der Waals surface area contributed by atoms with Gasteiger partial charge in [0.25, 0.3) is 6.43 Å². The van der Waals surface area contributed by atoms with E-state index in [0.717, 1.165) is 4.90 Å². The first-order valence-electron chi connectivity index (χ1n) is 5.23. The van der Waals surface area contributed by atoms with Crippen LogP contribution in [0.2, 0.25) is 10.0 Å². The summed E-state index contributed by atoms with van der Waals surface area (Å²) in [5, 5.41) is 3.13. The number of halogens is 4. The third kappa shape index (κ3) is 4.31. The molecule has 2 amide bonds. The van der Waals surface area contributed by atoms with Gasteiger partial charge in [0, 0.05) is 11.6 Å². The molecule has 1 aromatic rings. The summed E-state index contributed by atoms with van der Waals surface area (Å²) in [5.41, 5.74) is 0.293. The highest BCUT2D eigenvalue weighted by molar-refractivity contribution is 6.35. The van der Waals surface area contributed by atoms with Gasteiger partial charge in [-0.2, -0.15) is 0 Å². The lowest BCUT2D eigenvalue weighted by Crippen LogP contribution is -2.38. The van der Waals surface area contributed by atoms with Crippen molar-refractivity contribution in [3.63, 3.8) is 0 Å². The molecule has 0 radical (unpaired) electrons. The Morgan fingerprint density at radius 3 is 2.67 bits per heavy atom. The first kappa shape index (κ1) is 15.0. The molecule has 1 N–H and O–H groups in total. The molecule has 1 aromatic carbocycles. The fourth-order valence-electron chi connectivity index (χ4n) is 1.31. The molecule has 0 saturated heterocycles. The van der Waals surface area contributed by atoms with Crippen molar-refractivity contribution in [2.75, 3.05) is 18.4 Å². The number of rotatable bonds is 4. The molecule has 7 heteroatoms. The predicted octanol–water partition coefficient (Wildman–Crippen LogP) is 4.11. The van der Waals surface area contributed by atoms with E-state index in [0.29, 0.717) is 15.7 Å². The summed E-state index contributed by atoms with van der Waals surface area (Å²) in [5.74, 6) is 0. The molecule has 0 fully saturated rings. The van der Waals surface area contributed by atoms with E-state index >= 15 is 0 Å². The van der Waals surface area contributed by atoms with E-state index in [9.17, 15) is 13.6 Å². The zero-order valence-electron chi connectivity index (χ0n) is 9.59. The van der Waals surface area contributed by atoms with Crippen LogP contribution in [0.1, 0.15) is 6.92 Å². The molecular formula is C11H12Cl2F2N2O. The van der Waals surface area contributed by atoms with Gasteiger partial charge in [0.05, 0.1) is 17.3 Å². The maximum Gasteiger partial charge on any atom is 0.322 e. The molecule has 0 aromatic heterocycles. The monoisotopic (exact) mass is 296 g/mol. The number of nitrogens with zero attached hydrogens (tertiary/aromatic N) is 1. The third-order valence-electron chi connectivity index (χ3n) is 2.20. The van der Waals surface area contributed by atoms with Crippen LogP contribution in [0, 0.1) is 0 Å². The van der Waals surface area contributed by atoms with Crippen molar-refractivity contribution >= 4 is 34.9 Å². The Labute approximate surface area is 114 Å². The van der Waals surface area contributed by atoms with Crippen LogP contribution in [0.3, 0.4) is 0 Å². The number of benzene rings is 1. The van der Waals surface area contributed by atoms with E-state index in [-0.39, 0.29) is 6.54 Å². The van der Waals surface area contributed by atoms with Crippen LogP contribution in [-0.2, 0) is 0 Å². The number of anilines is 1. The highest BCUT2D eigenvalue weighted by atomic mass is 35.5. The van der Waals surface area contributed by atoms with Gasteiger partial charge in [-0.3, -0.25) is 0 Å². The summed E-state index contributed by atoms with van der Waals surface area (Å²) in [6, 6.07) is 3.90. The number of alkyl halides is 2. The third-order valence-corrected chi connectivity index (χ3v) is 2.76. The van der Waals surface area contributed by atoms with Crippen LogP contribution in [-0.4, -0.2) is 30.4 Å². The maximum absolute atomic E-state index is 12.2. The predicted molar refractivity (Wildman–Crippen MR) is 68.7 cm³/mol. The van der Waals surface area contributed by atoms with Gasteiger partial charge in [0.2, 0.25) is 0 Å². The number of urea groups is 1. The second kappa shape index (κ2) is 6.75. The number of amides is 2. The Kier molecular flexibility index (Phi) is 5.62. The first-order chi connectivity index (χ1) is 8.43. The van der Waals surface area contributed by atoms with Crippen LogP contribution in [0.15, 0.2) is 18.2 Å². The molecule has 0 heterocycles. The van der Waals surface area contributed by atoms with Crippen molar-refractivity contribution in [3.05, 3.63) is 28.2 Å². The summed E-state index contributed by atoms with van der Waals surface area (Å²) < 4.78 is 24.5. The molecule has 0 unspecified atom stereocenters. The molecule has 0 atom stereocenters. The smallest absolute Gasteiger partial charge is 0.319 e. The molecule has 0 spiro atoms. The standard InChI is InChI=1S/C11H12Cl2F2N2O/c1-2-17(6-10(14)15)11(18)16-9-5-7(12)3-4-8(9)13/h3-5,10H,2,6H2,1H3,(H,16,18). The summed E-state index contributed by atoms with van der Waals surface area (Å²) in [6.45, 7) is 1.16. The molecule has 1 rings (SSSR count). The van der Waals surface area contributed by atoms with E-state index in [1.54, 1.807) is 13.0 Å². The Morgan fingerprint density at radius 1 is 1.44 bits per heavy atom. The van der Waals surface area contributed by atoms with Gasteiger partial charge >= 0.3 is 6.03 Å². The van der Waals surface area contributed by atoms with Crippen molar-refractivity contribution in [3.8, 4) is 0 Å². The summed E-state index contributed by atoms with van der Waals surface area (Å²) in [6.07, 6.45) is -2.58. The molecule has 18 heavy (non-hydrogen) atoms. The van der Waals surface area contributed by atoms with E-state index in [1.165, 1.54) is 12.1 Å². The summed E-state index contributed by atoms with van der Waals surface area (Å²) >= 11 is 11.6. The lowest BCUT2D eigenvalue weighted by Gasteiger charge is -2.21. The van der Waals surface area contributed by atoms with Crippen molar-refractivity contribution in [1.29, 1.82) is 0 Å².